The summed E-state index contributed by atoms with van der Waals surface area (Å²) in [6, 6.07) is 0. The van der Waals surface area contributed by atoms with Gasteiger partial charge in [-0.2, -0.15) is 0 Å². The van der Waals surface area contributed by atoms with E-state index in [1.54, 1.807) is 4.90 Å². The summed E-state index contributed by atoms with van der Waals surface area (Å²) in [6.45, 7) is 10.6. The van der Waals surface area contributed by atoms with Crippen molar-refractivity contribution < 1.29 is 14.6 Å². The summed E-state index contributed by atoms with van der Waals surface area (Å²) in [7, 11) is 0. The van der Waals surface area contributed by atoms with Gasteiger partial charge in [0.2, 0.25) is 0 Å². The standard InChI is InChI=1S/C12H23NO3/c1-11(2,3)16-10(15)13-7-9(14)6-12(4,5)8-13/h9,14H,6-8H2,1-5H3/t9-/m1/s1. The molecule has 0 spiro atoms. The SMILES string of the molecule is CC1(C)C[C@@H](O)CN(C(=O)OC(C)(C)C)C1. The first-order chi connectivity index (χ1) is 7.09. The first-order valence-corrected chi connectivity index (χ1v) is 5.75. The van der Waals surface area contributed by atoms with Gasteiger partial charge in [-0.05, 0) is 32.6 Å². The number of carbonyl (C=O) groups is 1. The molecule has 1 amide bonds. The van der Waals surface area contributed by atoms with Crippen LogP contribution in [0.5, 0.6) is 0 Å². The van der Waals surface area contributed by atoms with Crippen molar-refractivity contribution >= 4 is 6.09 Å². The van der Waals surface area contributed by atoms with E-state index in [0.717, 1.165) is 6.42 Å². The highest BCUT2D eigenvalue weighted by Crippen LogP contribution is 2.29. The number of ether oxygens (including phenoxy) is 1. The van der Waals surface area contributed by atoms with Crippen molar-refractivity contribution in [3.63, 3.8) is 0 Å². The molecular weight excluding hydrogens is 206 g/mol. The van der Waals surface area contributed by atoms with E-state index in [2.05, 4.69) is 0 Å². The highest BCUT2D eigenvalue weighted by molar-refractivity contribution is 5.68. The summed E-state index contributed by atoms with van der Waals surface area (Å²) in [5, 5.41) is 9.71. The Morgan fingerprint density at radius 1 is 1.44 bits per heavy atom. The molecule has 1 heterocycles. The van der Waals surface area contributed by atoms with Crippen molar-refractivity contribution in [3.8, 4) is 0 Å². The fourth-order valence-corrected chi connectivity index (χ4v) is 2.07. The lowest BCUT2D eigenvalue weighted by Crippen LogP contribution is -2.50. The van der Waals surface area contributed by atoms with Crippen LogP contribution in [0.2, 0.25) is 0 Å². The molecule has 1 fully saturated rings. The monoisotopic (exact) mass is 229 g/mol. The number of aliphatic hydroxyl groups excluding tert-OH is 1. The van der Waals surface area contributed by atoms with Crippen molar-refractivity contribution in [2.45, 2.75) is 52.7 Å². The molecule has 0 aromatic heterocycles. The van der Waals surface area contributed by atoms with Crippen LogP contribution in [0.15, 0.2) is 0 Å². The van der Waals surface area contributed by atoms with Gasteiger partial charge in [-0.3, -0.25) is 0 Å². The fourth-order valence-electron chi connectivity index (χ4n) is 2.07. The maximum Gasteiger partial charge on any atom is 0.410 e. The third kappa shape index (κ3) is 4.00. The van der Waals surface area contributed by atoms with Crippen LogP contribution in [0.3, 0.4) is 0 Å². The van der Waals surface area contributed by atoms with E-state index in [4.69, 9.17) is 4.74 Å². The molecule has 0 aromatic rings. The van der Waals surface area contributed by atoms with Gasteiger partial charge in [0.15, 0.2) is 0 Å². The predicted octanol–water partition coefficient (Wildman–Crippen LogP) is 2.01. The zero-order valence-electron chi connectivity index (χ0n) is 10.9. The Bertz CT molecular complexity index is 268. The van der Waals surface area contributed by atoms with Gasteiger partial charge in [0, 0.05) is 13.1 Å². The van der Waals surface area contributed by atoms with Crippen molar-refractivity contribution in [3.05, 3.63) is 0 Å². The van der Waals surface area contributed by atoms with Gasteiger partial charge < -0.3 is 14.7 Å². The Hall–Kier alpha value is -0.770. The molecule has 16 heavy (non-hydrogen) atoms. The molecule has 0 radical (unpaired) electrons. The molecule has 94 valence electrons. The number of carbonyl (C=O) groups excluding carboxylic acids is 1. The van der Waals surface area contributed by atoms with E-state index >= 15 is 0 Å². The van der Waals surface area contributed by atoms with Crippen LogP contribution in [-0.2, 0) is 4.74 Å². The highest BCUT2D eigenvalue weighted by atomic mass is 16.6. The minimum absolute atomic E-state index is 0.0471. The molecule has 1 atom stereocenters. The molecule has 0 aliphatic carbocycles. The maximum atomic E-state index is 11.8. The summed E-state index contributed by atoms with van der Waals surface area (Å²) in [6.07, 6.45) is -0.0534. The lowest BCUT2D eigenvalue weighted by Gasteiger charge is -2.40. The minimum atomic E-state index is -0.483. The molecule has 1 aliphatic rings. The summed E-state index contributed by atoms with van der Waals surface area (Å²) in [5.41, 5.74) is -0.530. The van der Waals surface area contributed by atoms with Gasteiger partial charge in [-0.15, -0.1) is 0 Å². The van der Waals surface area contributed by atoms with Gasteiger partial charge >= 0.3 is 6.09 Å². The second kappa shape index (κ2) is 4.24. The van der Waals surface area contributed by atoms with E-state index < -0.39 is 11.7 Å². The van der Waals surface area contributed by atoms with Crippen LogP contribution >= 0.6 is 0 Å². The van der Waals surface area contributed by atoms with Crippen molar-refractivity contribution in [1.29, 1.82) is 0 Å². The molecule has 1 aliphatic heterocycles. The molecule has 0 bridgehead atoms. The highest BCUT2D eigenvalue weighted by Gasteiger charge is 2.35. The lowest BCUT2D eigenvalue weighted by atomic mass is 9.83. The van der Waals surface area contributed by atoms with Crippen LogP contribution in [0.1, 0.15) is 41.0 Å². The number of piperidine rings is 1. The molecule has 0 saturated carbocycles. The normalized spacial score (nSPS) is 25.4. The molecule has 0 unspecified atom stereocenters. The summed E-state index contributed by atoms with van der Waals surface area (Å²) >= 11 is 0. The molecule has 1 N–H and O–H groups in total. The van der Waals surface area contributed by atoms with Gasteiger partial charge in [0.25, 0.3) is 0 Å². The Kier molecular flexibility index (Phi) is 3.53. The average molecular weight is 229 g/mol. The number of hydrogen-bond donors (Lipinski definition) is 1. The molecular formula is C12H23NO3. The van der Waals surface area contributed by atoms with Gasteiger partial charge in [-0.25, -0.2) is 4.79 Å². The van der Waals surface area contributed by atoms with Crippen LogP contribution in [0.4, 0.5) is 4.79 Å². The van der Waals surface area contributed by atoms with Crippen molar-refractivity contribution in [1.82, 2.24) is 4.90 Å². The van der Waals surface area contributed by atoms with E-state index in [9.17, 15) is 9.90 Å². The number of rotatable bonds is 0. The van der Waals surface area contributed by atoms with Gasteiger partial charge in [0.05, 0.1) is 6.10 Å². The second-order valence-electron chi connectivity index (χ2n) is 6.38. The van der Waals surface area contributed by atoms with Crippen LogP contribution in [0, 0.1) is 5.41 Å². The van der Waals surface area contributed by atoms with Crippen molar-refractivity contribution in [2.75, 3.05) is 13.1 Å². The smallest absolute Gasteiger partial charge is 0.410 e. The molecule has 1 rings (SSSR count). The van der Waals surface area contributed by atoms with E-state index in [-0.39, 0.29) is 11.5 Å². The maximum absolute atomic E-state index is 11.8. The quantitative estimate of drug-likeness (QED) is 0.691. The number of hydrogen-bond acceptors (Lipinski definition) is 3. The Labute approximate surface area is 97.6 Å². The van der Waals surface area contributed by atoms with Crippen LogP contribution in [0.25, 0.3) is 0 Å². The Morgan fingerprint density at radius 3 is 2.44 bits per heavy atom. The molecule has 0 aromatic carbocycles. The zero-order valence-corrected chi connectivity index (χ0v) is 10.9. The third-order valence-corrected chi connectivity index (χ3v) is 2.49. The van der Waals surface area contributed by atoms with E-state index in [1.807, 2.05) is 34.6 Å². The minimum Gasteiger partial charge on any atom is -0.444 e. The lowest BCUT2D eigenvalue weighted by molar-refractivity contribution is -0.0231. The van der Waals surface area contributed by atoms with E-state index in [1.165, 1.54) is 0 Å². The second-order valence-corrected chi connectivity index (χ2v) is 6.38. The summed E-state index contributed by atoms with van der Waals surface area (Å²) in [5.74, 6) is 0. The first kappa shape index (κ1) is 13.3. The summed E-state index contributed by atoms with van der Waals surface area (Å²) in [4.78, 5) is 13.4. The van der Waals surface area contributed by atoms with Crippen LogP contribution < -0.4 is 0 Å². The largest absolute Gasteiger partial charge is 0.444 e. The van der Waals surface area contributed by atoms with E-state index in [0.29, 0.717) is 13.1 Å². The van der Waals surface area contributed by atoms with Gasteiger partial charge in [-0.1, -0.05) is 13.8 Å². The Morgan fingerprint density at radius 2 is 2.00 bits per heavy atom. The fraction of sp³-hybridized carbons (Fsp3) is 0.917. The topological polar surface area (TPSA) is 49.8 Å². The zero-order chi connectivity index (χ0) is 12.6. The molecule has 4 nitrogen and oxygen atoms in total. The number of likely N-dealkylation sites (tertiary alicyclic amines) is 1. The van der Waals surface area contributed by atoms with Crippen LogP contribution in [-0.4, -0.2) is 40.9 Å². The average Bonchev–Trinajstić information content (AvgIpc) is 1.96. The number of aliphatic hydroxyl groups is 1. The summed E-state index contributed by atoms with van der Waals surface area (Å²) < 4.78 is 5.29. The number of β-amino-alcohol motifs (C(OH)–C–C–N with tert-alkyl or cyclic N) is 1. The molecule has 4 heteroatoms. The van der Waals surface area contributed by atoms with Crippen molar-refractivity contribution in [2.24, 2.45) is 5.41 Å². The Balaban J connectivity index is 2.63. The van der Waals surface area contributed by atoms with Gasteiger partial charge in [0.1, 0.15) is 5.60 Å². The molecule has 1 saturated heterocycles. The number of amides is 1. The third-order valence-electron chi connectivity index (χ3n) is 2.49. The first-order valence-electron chi connectivity index (χ1n) is 5.75. The predicted molar refractivity (Wildman–Crippen MR) is 62.2 cm³/mol. The number of nitrogens with zero attached hydrogens (tertiary/aromatic N) is 1.